The number of hydrogen-bond donors (Lipinski definition) is 0. The number of likely N-dealkylation sites (N-methyl/N-ethyl adjacent to an activating group) is 1. The predicted molar refractivity (Wildman–Crippen MR) is 89.5 cm³/mol. The van der Waals surface area contributed by atoms with Crippen LogP contribution in [0, 0.1) is 11.3 Å². The third kappa shape index (κ3) is 3.27. The van der Waals surface area contributed by atoms with Crippen molar-refractivity contribution in [2.75, 3.05) is 33.9 Å². The first-order valence-corrected chi connectivity index (χ1v) is 8.20. The lowest BCUT2D eigenvalue weighted by molar-refractivity contribution is -0.146. The van der Waals surface area contributed by atoms with E-state index < -0.39 is 0 Å². The summed E-state index contributed by atoms with van der Waals surface area (Å²) < 4.78 is 11.1. The van der Waals surface area contributed by atoms with Gasteiger partial charge in [0.2, 0.25) is 0 Å². The van der Waals surface area contributed by atoms with Crippen LogP contribution in [0.5, 0.6) is 5.75 Å². The first-order valence-electron chi connectivity index (χ1n) is 8.20. The zero-order valence-electron chi connectivity index (χ0n) is 14.0. The number of allylic oxidation sites excluding steroid dienone is 1. The largest absolute Gasteiger partial charge is 0.492 e. The summed E-state index contributed by atoms with van der Waals surface area (Å²) in [6.07, 6.45) is 2.41. The van der Waals surface area contributed by atoms with Gasteiger partial charge in [-0.05, 0) is 51.1 Å². The molecule has 1 saturated heterocycles. The minimum atomic E-state index is -0.385. The second kappa shape index (κ2) is 6.36. The number of hydrogen-bond acceptors (Lipinski definition) is 4. The molecule has 0 N–H and O–H groups in total. The molecule has 2 unspecified atom stereocenters. The van der Waals surface area contributed by atoms with E-state index in [0.29, 0.717) is 19.1 Å². The number of ether oxygens (including phenoxy) is 2. The maximum Gasteiger partial charge on any atom is 0.313 e. The van der Waals surface area contributed by atoms with Gasteiger partial charge < -0.3 is 14.4 Å². The fraction of sp³-hybridized carbons (Fsp3) is 0.526. The number of esters is 1. The summed E-state index contributed by atoms with van der Waals surface area (Å²) in [6, 6.07) is 8.09. The summed E-state index contributed by atoms with van der Waals surface area (Å²) in [5.74, 6) is 1.11. The second-order valence-corrected chi connectivity index (χ2v) is 7.05. The molecule has 2 atom stereocenters. The summed E-state index contributed by atoms with van der Waals surface area (Å²) in [4.78, 5) is 14.4. The quantitative estimate of drug-likeness (QED) is 0.598. The summed E-state index contributed by atoms with van der Waals surface area (Å²) in [5.41, 5.74) is 1.95. The van der Waals surface area contributed by atoms with Crippen LogP contribution in [0.4, 0.5) is 0 Å². The van der Waals surface area contributed by atoms with Gasteiger partial charge in [-0.15, -0.1) is 0 Å². The Kier molecular flexibility index (Phi) is 4.44. The first kappa shape index (κ1) is 16.1. The van der Waals surface area contributed by atoms with Crippen molar-refractivity contribution >= 4 is 5.97 Å². The number of fused-ring (bicyclic) bond motifs is 1. The van der Waals surface area contributed by atoms with E-state index in [1.54, 1.807) is 0 Å². The third-order valence-electron chi connectivity index (χ3n) is 4.95. The van der Waals surface area contributed by atoms with Crippen LogP contribution in [0.15, 0.2) is 36.4 Å². The highest BCUT2D eigenvalue weighted by atomic mass is 16.5. The fourth-order valence-electron chi connectivity index (χ4n) is 3.68. The van der Waals surface area contributed by atoms with Gasteiger partial charge in [0.25, 0.3) is 0 Å². The highest BCUT2D eigenvalue weighted by Crippen LogP contribution is 2.52. The zero-order chi connectivity index (χ0) is 16.4. The molecule has 1 aliphatic heterocycles. The van der Waals surface area contributed by atoms with Crippen molar-refractivity contribution in [2.24, 2.45) is 11.3 Å². The lowest BCUT2D eigenvalue weighted by atomic mass is 9.75. The van der Waals surface area contributed by atoms with E-state index in [4.69, 9.17) is 9.47 Å². The van der Waals surface area contributed by atoms with Gasteiger partial charge in [0, 0.05) is 12.5 Å². The molecule has 124 valence electrons. The lowest BCUT2D eigenvalue weighted by Gasteiger charge is -2.24. The molecular formula is C19H25NO3. The molecule has 0 amide bonds. The number of rotatable bonds is 6. The Morgan fingerprint density at radius 2 is 2.09 bits per heavy atom. The zero-order valence-corrected chi connectivity index (χ0v) is 14.0. The van der Waals surface area contributed by atoms with E-state index in [2.05, 4.69) is 23.6 Å². The smallest absolute Gasteiger partial charge is 0.313 e. The molecule has 1 heterocycles. The van der Waals surface area contributed by atoms with Gasteiger partial charge in [0.1, 0.15) is 12.4 Å². The van der Waals surface area contributed by atoms with Crippen molar-refractivity contribution in [1.29, 1.82) is 0 Å². The Labute approximate surface area is 138 Å². The van der Waals surface area contributed by atoms with Crippen LogP contribution < -0.4 is 4.74 Å². The Morgan fingerprint density at radius 1 is 1.35 bits per heavy atom. The van der Waals surface area contributed by atoms with E-state index in [9.17, 15) is 4.79 Å². The molecule has 0 aromatic heterocycles. The van der Waals surface area contributed by atoms with Crippen molar-refractivity contribution in [1.82, 2.24) is 4.90 Å². The van der Waals surface area contributed by atoms with Crippen LogP contribution in [-0.4, -0.2) is 44.7 Å². The lowest BCUT2D eigenvalue weighted by Crippen LogP contribution is -2.31. The number of benzene rings is 1. The standard InChI is InChI=1S/C19H25NO3/c1-14-10-16-13-23-18(21)19(16,11-14)12-15-4-6-17(7-5-15)22-9-8-20(2)3/h4-7,16H,1,8-13H2,2-3H3. The van der Waals surface area contributed by atoms with Crippen LogP contribution in [0.25, 0.3) is 0 Å². The predicted octanol–water partition coefficient (Wildman–Crippen LogP) is 2.68. The fourth-order valence-corrected chi connectivity index (χ4v) is 3.68. The van der Waals surface area contributed by atoms with E-state index in [1.807, 2.05) is 26.2 Å². The molecule has 1 aliphatic carbocycles. The Balaban J connectivity index is 1.66. The van der Waals surface area contributed by atoms with E-state index in [1.165, 1.54) is 5.57 Å². The highest BCUT2D eigenvalue weighted by Gasteiger charge is 2.55. The average Bonchev–Trinajstić information content (AvgIpc) is 2.96. The van der Waals surface area contributed by atoms with Gasteiger partial charge in [0.05, 0.1) is 12.0 Å². The molecule has 2 fully saturated rings. The molecule has 0 bridgehead atoms. The SMILES string of the molecule is C=C1CC2COC(=O)C2(Cc2ccc(OCCN(C)C)cc2)C1. The summed E-state index contributed by atoms with van der Waals surface area (Å²) >= 11 is 0. The summed E-state index contributed by atoms with van der Waals surface area (Å²) in [6.45, 7) is 6.19. The minimum Gasteiger partial charge on any atom is -0.492 e. The maximum atomic E-state index is 12.3. The monoisotopic (exact) mass is 315 g/mol. The van der Waals surface area contributed by atoms with Gasteiger partial charge >= 0.3 is 5.97 Å². The van der Waals surface area contributed by atoms with Crippen molar-refractivity contribution < 1.29 is 14.3 Å². The Bertz CT molecular complexity index is 593. The highest BCUT2D eigenvalue weighted by molar-refractivity contribution is 5.81. The molecule has 1 saturated carbocycles. The van der Waals surface area contributed by atoms with Crippen LogP contribution in [0.1, 0.15) is 18.4 Å². The Hall–Kier alpha value is -1.81. The van der Waals surface area contributed by atoms with Crippen LogP contribution in [0.2, 0.25) is 0 Å². The van der Waals surface area contributed by atoms with Gasteiger partial charge in [-0.1, -0.05) is 24.3 Å². The molecule has 0 radical (unpaired) electrons. The topological polar surface area (TPSA) is 38.8 Å². The van der Waals surface area contributed by atoms with E-state index in [0.717, 1.165) is 37.1 Å². The van der Waals surface area contributed by atoms with Crippen molar-refractivity contribution in [2.45, 2.75) is 19.3 Å². The number of carbonyl (C=O) groups excluding carboxylic acids is 1. The number of nitrogens with zero attached hydrogens (tertiary/aromatic N) is 1. The van der Waals surface area contributed by atoms with Crippen molar-refractivity contribution in [3.05, 3.63) is 42.0 Å². The van der Waals surface area contributed by atoms with Crippen molar-refractivity contribution in [3.8, 4) is 5.75 Å². The second-order valence-electron chi connectivity index (χ2n) is 7.05. The van der Waals surface area contributed by atoms with Gasteiger partial charge in [-0.3, -0.25) is 4.79 Å². The minimum absolute atomic E-state index is 0.0486. The third-order valence-corrected chi connectivity index (χ3v) is 4.95. The maximum absolute atomic E-state index is 12.3. The summed E-state index contributed by atoms with van der Waals surface area (Å²) in [7, 11) is 4.05. The van der Waals surface area contributed by atoms with Gasteiger partial charge in [-0.2, -0.15) is 0 Å². The molecule has 23 heavy (non-hydrogen) atoms. The number of carbonyl (C=O) groups is 1. The molecule has 1 aromatic carbocycles. The van der Waals surface area contributed by atoms with Crippen molar-refractivity contribution in [3.63, 3.8) is 0 Å². The molecular weight excluding hydrogens is 290 g/mol. The normalized spacial score (nSPS) is 26.5. The van der Waals surface area contributed by atoms with Crippen LogP contribution >= 0.6 is 0 Å². The van der Waals surface area contributed by atoms with Crippen LogP contribution in [-0.2, 0) is 16.0 Å². The van der Waals surface area contributed by atoms with E-state index >= 15 is 0 Å². The van der Waals surface area contributed by atoms with Crippen LogP contribution in [0.3, 0.4) is 0 Å². The molecule has 4 nitrogen and oxygen atoms in total. The molecule has 2 aliphatic rings. The molecule has 1 aromatic rings. The van der Waals surface area contributed by atoms with Gasteiger partial charge in [-0.25, -0.2) is 0 Å². The molecule has 0 spiro atoms. The van der Waals surface area contributed by atoms with E-state index in [-0.39, 0.29) is 11.4 Å². The molecule has 3 rings (SSSR count). The molecule has 4 heteroatoms. The van der Waals surface area contributed by atoms with Gasteiger partial charge in [0.15, 0.2) is 0 Å². The Morgan fingerprint density at radius 3 is 2.78 bits per heavy atom. The number of cyclic esters (lactones) is 1. The average molecular weight is 315 g/mol. The summed E-state index contributed by atoms with van der Waals surface area (Å²) in [5, 5.41) is 0. The first-order chi connectivity index (χ1) is 11.0.